The third kappa shape index (κ3) is 3.57. The van der Waals surface area contributed by atoms with Crippen LogP contribution in [-0.4, -0.2) is 21.1 Å². The molecule has 22 heavy (non-hydrogen) atoms. The number of H-pyrrole nitrogens is 1. The van der Waals surface area contributed by atoms with Gasteiger partial charge in [-0.05, 0) is 29.8 Å². The molecule has 1 heterocycles. The second kappa shape index (κ2) is 6.36. The number of benzene rings is 1. The topological polar surface area (TPSA) is 63.0 Å². The zero-order valence-corrected chi connectivity index (χ0v) is 14.1. The number of rotatable bonds is 3. The Labute approximate surface area is 134 Å². The molecular weight excluding hydrogens is 296 g/mol. The Balaban J connectivity index is 2.42. The van der Waals surface area contributed by atoms with Crippen LogP contribution >= 0.6 is 12.2 Å². The average Bonchev–Trinajstić information content (AvgIpc) is 2.46. The number of aromatic amines is 1. The zero-order chi connectivity index (χ0) is 16.3. The van der Waals surface area contributed by atoms with Crippen molar-refractivity contribution in [1.82, 2.24) is 14.9 Å². The standard InChI is InChI=1S/C16H20N4OS/c1-5-11-6-8-12(9-7-11)10-17-20-14(21)13(16(2,3)4)18-19-15(20)22/h6-10H,5H2,1-4H3,(H,19,22)/b17-10-. The maximum Gasteiger partial charge on any atom is 0.297 e. The molecule has 116 valence electrons. The third-order valence-corrected chi connectivity index (χ3v) is 3.54. The van der Waals surface area contributed by atoms with Gasteiger partial charge in [-0.2, -0.15) is 14.9 Å². The van der Waals surface area contributed by atoms with E-state index in [0.29, 0.717) is 5.69 Å². The Bertz CT molecular complexity index is 795. The molecule has 2 rings (SSSR count). The molecule has 5 nitrogen and oxygen atoms in total. The molecule has 0 amide bonds. The second-order valence-corrected chi connectivity index (χ2v) is 6.47. The summed E-state index contributed by atoms with van der Waals surface area (Å²) in [5.74, 6) is 0. The molecule has 1 aromatic heterocycles. The number of nitrogens with one attached hydrogen (secondary N) is 1. The first-order valence-electron chi connectivity index (χ1n) is 7.18. The van der Waals surface area contributed by atoms with Crippen molar-refractivity contribution in [3.8, 4) is 0 Å². The molecule has 0 atom stereocenters. The number of nitrogens with zero attached hydrogens (tertiary/aromatic N) is 3. The third-order valence-electron chi connectivity index (χ3n) is 3.27. The fourth-order valence-electron chi connectivity index (χ4n) is 1.95. The highest BCUT2D eigenvalue weighted by Crippen LogP contribution is 2.15. The van der Waals surface area contributed by atoms with Gasteiger partial charge >= 0.3 is 0 Å². The molecule has 0 aliphatic carbocycles. The predicted molar refractivity (Wildman–Crippen MR) is 91.2 cm³/mol. The first kappa shape index (κ1) is 16.3. The maximum atomic E-state index is 12.5. The normalized spacial score (nSPS) is 12.0. The fraction of sp³-hybridized carbons (Fsp3) is 0.375. The van der Waals surface area contributed by atoms with Gasteiger partial charge in [0, 0.05) is 5.41 Å². The Morgan fingerprint density at radius 1 is 1.32 bits per heavy atom. The highest BCUT2D eigenvalue weighted by atomic mass is 32.1. The van der Waals surface area contributed by atoms with E-state index in [0.717, 1.165) is 12.0 Å². The Kier molecular flexibility index (Phi) is 4.71. The lowest BCUT2D eigenvalue weighted by atomic mass is 9.93. The van der Waals surface area contributed by atoms with Gasteiger partial charge in [0.2, 0.25) is 4.77 Å². The summed E-state index contributed by atoms with van der Waals surface area (Å²) in [4.78, 5) is 12.5. The van der Waals surface area contributed by atoms with Crippen molar-refractivity contribution in [3.05, 3.63) is 56.2 Å². The van der Waals surface area contributed by atoms with Crippen molar-refractivity contribution in [3.63, 3.8) is 0 Å². The van der Waals surface area contributed by atoms with E-state index in [1.165, 1.54) is 10.2 Å². The summed E-state index contributed by atoms with van der Waals surface area (Å²) in [7, 11) is 0. The van der Waals surface area contributed by atoms with E-state index in [9.17, 15) is 4.79 Å². The zero-order valence-electron chi connectivity index (χ0n) is 13.3. The van der Waals surface area contributed by atoms with Crippen LogP contribution in [-0.2, 0) is 11.8 Å². The Hall–Kier alpha value is -2.08. The van der Waals surface area contributed by atoms with E-state index in [1.807, 2.05) is 45.0 Å². The SMILES string of the molecule is CCc1ccc(/C=N\n2c(=S)[nH]nc(C(C)(C)C)c2=O)cc1. The summed E-state index contributed by atoms with van der Waals surface area (Å²) in [6.45, 7) is 7.87. The first-order chi connectivity index (χ1) is 10.3. The van der Waals surface area contributed by atoms with Gasteiger partial charge in [-0.3, -0.25) is 9.89 Å². The Morgan fingerprint density at radius 3 is 2.50 bits per heavy atom. The number of hydrogen-bond acceptors (Lipinski definition) is 4. The number of hydrogen-bond donors (Lipinski definition) is 1. The number of aryl methyl sites for hydroxylation is 1. The van der Waals surface area contributed by atoms with Crippen LogP contribution in [0.1, 0.15) is 44.5 Å². The average molecular weight is 316 g/mol. The van der Waals surface area contributed by atoms with Gasteiger partial charge in [0.1, 0.15) is 5.69 Å². The molecule has 0 spiro atoms. The minimum absolute atomic E-state index is 0.180. The van der Waals surface area contributed by atoms with Crippen molar-refractivity contribution in [2.75, 3.05) is 0 Å². The molecule has 0 unspecified atom stereocenters. The molecular formula is C16H20N4OS. The smallest absolute Gasteiger partial charge is 0.265 e. The molecule has 0 fully saturated rings. The van der Waals surface area contributed by atoms with Gasteiger partial charge in [0.05, 0.1) is 6.21 Å². The maximum absolute atomic E-state index is 12.5. The predicted octanol–water partition coefficient (Wildman–Crippen LogP) is 3.04. The van der Waals surface area contributed by atoms with Crippen LogP contribution in [0, 0.1) is 4.77 Å². The highest BCUT2D eigenvalue weighted by molar-refractivity contribution is 7.71. The molecule has 6 heteroatoms. The first-order valence-corrected chi connectivity index (χ1v) is 7.59. The quantitative estimate of drug-likeness (QED) is 0.699. The van der Waals surface area contributed by atoms with E-state index in [-0.39, 0.29) is 15.7 Å². The van der Waals surface area contributed by atoms with Gasteiger partial charge < -0.3 is 0 Å². The highest BCUT2D eigenvalue weighted by Gasteiger charge is 2.21. The molecule has 2 aromatic rings. The van der Waals surface area contributed by atoms with Gasteiger partial charge in [0.25, 0.3) is 5.56 Å². The van der Waals surface area contributed by atoms with Crippen molar-refractivity contribution < 1.29 is 0 Å². The van der Waals surface area contributed by atoms with Crippen LogP contribution in [0.25, 0.3) is 0 Å². The summed E-state index contributed by atoms with van der Waals surface area (Å²) in [6.07, 6.45) is 2.61. The second-order valence-electron chi connectivity index (χ2n) is 6.08. The van der Waals surface area contributed by atoms with E-state index in [4.69, 9.17) is 12.2 Å². The summed E-state index contributed by atoms with van der Waals surface area (Å²) < 4.78 is 1.36. The fourth-order valence-corrected chi connectivity index (χ4v) is 2.12. The van der Waals surface area contributed by atoms with Crippen LogP contribution < -0.4 is 5.56 Å². The molecule has 0 radical (unpaired) electrons. The summed E-state index contributed by atoms with van der Waals surface area (Å²) in [5.41, 5.74) is 1.90. The lowest BCUT2D eigenvalue weighted by Crippen LogP contribution is -2.32. The van der Waals surface area contributed by atoms with Crippen molar-refractivity contribution in [2.45, 2.75) is 39.5 Å². The minimum atomic E-state index is -0.378. The lowest BCUT2D eigenvalue weighted by molar-refractivity contribution is 0.529. The van der Waals surface area contributed by atoms with E-state index >= 15 is 0 Å². The minimum Gasteiger partial charge on any atom is -0.265 e. The van der Waals surface area contributed by atoms with E-state index < -0.39 is 0 Å². The lowest BCUT2D eigenvalue weighted by Gasteiger charge is -2.16. The summed E-state index contributed by atoms with van der Waals surface area (Å²) in [5, 5.41) is 10.9. The monoisotopic (exact) mass is 316 g/mol. The molecule has 0 bridgehead atoms. The summed E-state index contributed by atoms with van der Waals surface area (Å²) in [6, 6.07) is 8.01. The largest absolute Gasteiger partial charge is 0.297 e. The van der Waals surface area contributed by atoms with Crippen molar-refractivity contribution >= 4 is 18.4 Å². The van der Waals surface area contributed by atoms with E-state index in [2.05, 4.69) is 22.2 Å². The molecule has 0 saturated heterocycles. The van der Waals surface area contributed by atoms with Crippen molar-refractivity contribution in [1.29, 1.82) is 0 Å². The van der Waals surface area contributed by atoms with Crippen LogP contribution in [0.4, 0.5) is 0 Å². The van der Waals surface area contributed by atoms with Crippen LogP contribution in [0.5, 0.6) is 0 Å². The number of aromatic nitrogens is 3. The van der Waals surface area contributed by atoms with Crippen molar-refractivity contribution in [2.24, 2.45) is 5.10 Å². The van der Waals surface area contributed by atoms with Gasteiger partial charge in [-0.15, -0.1) is 0 Å². The molecule has 0 aliphatic rings. The molecule has 1 N–H and O–H groups in total. The Morgan fingerprint density at radius 2 is 1.95 bits per heavy atom. The molecule has 0 aliphatic heterocycles. The van der Waals surface area contributed by atoms with E-state index in [1.54, 1.807) is 6.21 Å². The van der Waals surface area contributed by atoms with Crippen LogP contribution in [0.2, 0.25) is 0 Å². The van der Waals surface area contributed by atoms with Crippen LogP contribution in [0.15, 0.2) is 34.2 Å². The molecule has 0 saturated carbocycles. The van der Waals surface area contributed by atoms with Gasteiger partial charge in [-0.1, -0.05) is 52.0 Å². The molecule has 1 aromatic carbocycles. The van der Waals surface area contributed by atoms with Gasteiger partial charge in [-0.25, -0.2) is 0 Å². The van der Waals surface area contributed by atoms with Gasteiger partial charge in [0.15, 0.2) is 0 Å². The van der Waals surface area contributed by atoms with Crippen LogP contribution in [0.3, 0.4) is 0 Å². The summed E-state index contributed by atoms with van der Waals surface area (Å²) >= 11 is 5.11.